The first-order valence-electron chi connectivity index (χ1n) is 7.41. The monoisotopic (exact) mass is 371 g/mol. The fourth-order valence-electron chi connectivity index (χ4n) is 2.39. The molecule has 0 aliphatic rings. The molecule has 0 spiro atoms. The Hall–Kier alpha value is -2.64. The van der Waals surface area contributed by atoms with Gasteiger partial charge in [0.05, 0.1) is 6.54 Å². The van der Waals surface area contributed by atoms with Gasteiger partial charge in [-0.2, -0.15) is 0 Å². The van der Waals surface area contributed by atoms with E-state index in [2.05, 4.69) is 20.1 Å². The molecule has 0 aliphatic carbocycles. The zero-order valence-electron chi connectivity index (χ0n) is 12.8. The summed E-state index contributed by atoms with van der Waals surface area (Å²) in [6.45, 7) is 0.253. The van der Waals surface area contributed by atoms with Gasteiger partial charge in [0.2, 0.25) is 5.82 Å². The van der Waals surface area contributed by atoms with E-state index in [9.17, 15) is 4.39 Å². The fourth-order valence-corrected chi connectivity index (χ4v) is 3.06. The van der Waals surface area contributed by atoms with Gasteiger partial charge in [0.25, 0.3) is 0 Å². The van der Waals surface area contributed by atoms with E-state index in [1.807, 2.05) is 11.4 Å². The van der Waals surface area contributed by atoms with Crippen molar-refractivity contribution < 1.29 is 4.39 Å². The minimum atomic E-state index is -0.283. The van der Waals surface area contributed by atoms with E-state index >= 15 is 0 Å². The highest BCUT2D eigenvalue weighted by Crippen LogP contribution is 2.25. The Kier molecular flexibility index (Phi) is 4.25. The maximum absolute atomic E-state index is 14.0. The zero-order valence-corrected chi connectivity index (χ0v) is 14.4. The van der Waals surface area contributed by atoms with Crippen molar-refractivity contribution in [3.63, 3.8) is 0 Å². The van der Waals surface area contributed by atoms with E-state index in [-0.39, 0.29) is 12.4 Å². The average molecular weight is 372 g/mol. The molecule has 1 aromatic carbocycles. The van der Waals surface area contributed by atoms with Gasteiger partial charge in [0.15, 0.2) is 10.8 Å². The fraction of sp³-hybridized carbons (Fsp3) is 0.0588. The molecule has 3 heterocycles. The van der Waals surface area contributed by atoms with Crippen molar-refractivity contribution in [3.8, 4) is 22.2 Å². The van der Waals surface area contributed by atoms with Crippen LogP contribution in [0.15, 0.2) is 54.2 Å². The minimum Gasteiger partial charge on any atom is -0.244 e. The number of hydrogen-bond acceptors (Lipinski definition) is 5. The van der Waals surface area contributed by atoms with Crippen LogP contribution in [0.1, 0.15) is 5.56 Å². The Balaban J connectivity index is 1.80. The molecule has 0 atom stereocenters. The molecule has 0 fully saturated rings. The van der Waals surface area contributed by atoms with E-state index < -0.39 is 0 Å². The number of rotatable bonds is 4. The van der Waals surface area contributed by atoms with Gasteiger partial charge in [0.1, 0.15) is 11.0 Å². The molecule has 0 N–H and O–H groups in total. The maximum Gasteiger partial charge on any atom is 0.210 e. The van der Waals surface area contributed by atoms with E-state index in [4.69, 9.17) is 11.6 Å². The molecule has 0 unspecified atom stereocenters. The van der Waals surface area contributed by atoms with Crippen molar-refractivity contribution in [2.24, 2.45) is 0 Å². The van der Waals surface area contributed by atoms with Gasteiger partial charge in [0, 0.05) is 28.9 Å². The molecule has 4 rings (SSSR count). The van der Waals surface area contributed by atoms with Gasteiger partial charge in [-0.1, -0.05) is 29.8 Å². The van der Waals surface area contributed by atoms with Gasteiger partial charge in [-0.15, -0.1) is 16.4 Å². The third-order valence-corrected chi connectivity index (χ3v) is 4.55. The Bertz CT molecular complexity index is 998. The third-order valence-electron chi connectivity index (χ3n) is 3.56. The predicted molar refractivity (Wildman–Crippen MR) is 94.9 cm³/mol. The third kappa shape index (κ3) is 3.29. The number of thiazole rings is 1. The van der Waals surface area contributed by atoms with Gasteiger partial charge >= 0.3 is 0 Å². The molecule has 124 valence electrons. The van der Waals surface area contributed by atoms with Crippen molar-refractivity contribution in [1.29, 1.82) is 0 Å². The lowest BCUT2D eigenvalue weighted by molar-refractivity contribution is 0.587. The van der Waals surface area contributed by atoms with Gasteiger partial charge < -0.3 is 0 Å². The normalized spacial score (nSPS) is 11.0. The zero-order chi connectivity index (χ0) is 17.2. The SMILES string of the molecule is Fc1ccccc1Cn1nc(-c2nccs2)nc1-c1ccc(Cl)nc1. The second-order valence-corrected chi connectivity index (χ2v) is 6.50. The molecular weight excluding hydrogens is 361 g/mol. The van der Waals surface area contributed by atoms with Gasteiger partial charge in [-0.05, 0) is 18.2 Å². The van der Waals surface area contributed by atoms with E-state index in [1.54, 1.807) is 41.3 Å². The van der Waals surface area contributed by atoms with E-state index in [1.165, 1.54) is 17.4 Å². The molecule has 25 heavy (non-hydrogen) atoms. The van der Waals surface area contributed by atoms with Crippen LogP contribution in [0.3, 0.4) is 0 Å². The van der Waals surface area contributed by atoms with Gasteiger partial charge in [-0.3, -0.25) is 0 Å². The first-order valence-corrected chi connectivity index (χ1v) is 8.66. The molecule has 0 saturated heterocycles. The van der Waals surface area contributed by atoms with Crippen LogP contribution in [0.2, 0.25) is 5.15 Å². The quantitative estimate of drug-likeness (QED) is 0.502. The standard InChI is InChI=1S/C17H11ClFN5S/c18-14-6-5-11(9-21-14)16-22-15(17-20-7-8-25-17)23-24(16)10-12-3-1-2-4-13(12)19/h1-9H,10H2. The number of halogens is 2. The lowest BCUT2D eigenvalue weighted by Gasteiger charge is -2.07. The summed E-state index contributed by atoms with van der Waals surface area (Å²) >= 11 is 7.31. The topological polar surface area (TPSA) is 56.5 Å². The summed E-state index contributed by atoms with van der Waals surface area (Å²) in [5, 5.41) is 7.47. The molecule has 0 aliphatic heterocycles. The number of benzene rings is 1. The number of pyridine rings is 1. The number of hydrogen-bond donors (Lipinski definition) is 0. The van der Waals surface area contributed by atoms with Crippen molar-refractivity contribution in [3.05, 3.63) is 70.7 Å². The predicted octanol–water partition coefficient (Wildman–Crippen LogP) is 4.30. The van der Waals surface area contributed by atoms with Crippen LogP contribution in [0.25, 0.3) is 22.2 Å². The maximum atomic E-state index is 14.0. The average Bonchev–Trinajstić information content (AvgIpc) is 3.27. The Morgan fingerprint density at radius 1 is 1.12 bits per heavy atom. The highest BCUT2D eigenvalue weighted by Gasteiger charge is 2.16. The van der Waals surface area contributed by atoms with Crippen LogP contribution in [0.5, 0.6) is 0 Å². The molecule has 4 aromatic rings. The summed E-state index contributed by atoms with van der Waals surface area (Å²) < 4.78 is 15.7. The summed E-state index contributed by atoms with van der Waals surface area (Å²) in [4.78, 5) is 12.9. The molecule has 0 bridgehead atoms. The second kappa shape index (κ2) is 6.70. The summed E-state index contributed by atoms with van der Waals surface area (Å²) in [5.41, 5.74) is 1.28. The summed E-state index contributed by atoms with van der Waals surface area (Å²) in [5.74, 6) is 0.794. The summed E-state index contributed by atoms with van der Waals surface area (Å²) in [7, 11) is 0. The largest absolute Gasteiger partial charge is 0.244 e. The van der Waals surface area contributed by atoms with Gasteiger partial charge in [-0.25, -0.2) is 24.0 Å². The smallest absolute Gasteiger partial charge is 0.210 e. The van der Waals surface area contributed by atoms with E-state index in [0.29, 0.717) is 27.4 Å². The van der Waals surface area contributed by atoms with Crippen molar-refractivity contribution in [1.82, 2.24) is 24.7 Å². The Labute approximate surface area is 151 Å². The highest BCUT2D eigenvalue weighted by atomic mass is 35.5. The van der Waals surface area contributed by atoms with Crippen molar-refractivity contribution >= 4 is 22.9 Å². The second-order valence-electron chi connectivity index (χ2n) is 5.21. The van der Waals surface area contributed by atoms with Crippen LogP contribution in [-0.4, -0.2) is 24.7 Å². The van der Waals surface area contributed by atoms with Crippen LogP contribution < -0.4 is 0 Å². The van der Waals surface area contributed by atoms with Crippen LogP contribution in [0, 0.1) is 5.82 Å². The van der Waals surface area contributed by atoms with Crippen LogP contribution in [0.4, 0.5) is 4.39 Å². The Morgan fingerprint density at radius 3 is 2.72 bits per heavy atom. The highest BCUT2D eigenvalue weighted by molar-refractivity contribution is 7.13. The Morgan fingerprint density at radius 2 is 2.00 bits per heavy atom. The molecule has 3 aromatic heterocycles. The molecule has 0 saturated carbocycles. The molecule has 0 radical (unpaired) electrons. The molecule has 0 amide bonds. The van der Waals surface area contributed by atoms with Crippen molar-refractivity contribution in [2.45, 2.75) is 6.54 Å². The first-order chi connectivity index (χ1) is 12.2. The lowest BCUT2D eigenvalue weighted by Crippen LogP contribution is -2.06. The molecule has 5 nitrogen and oxygen atoms in total. The van der Waals surface area contributed by atoms with E-state index in [0.717, 1.165) is 5.56 Å². The number of nitrogens with zero attached hydrogens (tertiary/aromatic N) is 5. The summed E-state index contributed by atoms with van der Waals surface area (Å²) in [6.07, 6.45) is 3.32. The summed E-state index contributed by atoms with van der Waals surface area (Å²) in [6, 6.07) is 10.1. The molecular formula is C17H11ClFN5S. The number of aromatic nitrogens is 5. The minimum absolute atomic E-state index is 0.253. The lowest BCUT2D eigenvalue weighted by atomic mass is 10.2. The van der Waals surface area contributed by atoms with Crippen LogP contribution >= 0.6 is 22.9 Å². The van der Waals surface area contributed by atoms with Crippen molar-refractivity contribution in [2.75, 3.05) is 0 Å². The first kappa shape index (κ1) is 15.9. The molecule has 8 heteroatoms. The van der Waals surface area contributed by atoms with Crippen LogP contribution in [-0.2, 0) is 6.54 Å².